The number of hydrogen-bond acceptors (Lipinski definition) is 3. The molecule has 0 aliphatic carbocycles. The maximum absolute atomic E-state index is 13.7. The Morgan fingerprint density at radius 2 is 2.15 bits per heavy atom. The summed E-state index contributed by atoms with van der Waals surface area (Å²) in [6.07, 6.45) is 0.997. The van der Waals surface area contributed by atoms with Gasteiger partial charge in [-0.1, -0.05) is 12.1 Å². The van der Waals surface area contributed by atoms with Crippen LogP contribution in [0.5, 0.6) is 0 Å². The first-order valence-corrected chi connectivity index (χ1v) is 10.4. The van der Waals surface area contributed by atoms with Crippen molar-refractivity contribution in [2.75, 3.05) is 18.4 Å². The number of rotatable bonds is 4. The number of hydrogen-bond donors (Lipinski definition) is 2. The molecular formula is C20H20FN2OS2+. The molecule has 6 heteroatoms. The average molecular weight is 388 g/mol. The van der Waals surface area contributed by atoms with Crippen molar-refractivity contribution in [2.24, 2.45) is 0 Å². The normalized spacial score (nSPS) is 19.2. The van der Waals surface area contributed by atoms with E-state index in [-0.39, 0.29) is 17.8 Å². The van der Waals surface area contributed by atoms with E-state index in [9.17, 15) is 9.18 Å². The molecule has 0 radical (unpaired) electrons. The van der Waals surface area contributed by atoms with Gasteiger partial charge >= 0.3 is 0 Å². The van der Waals surface area contributed by atoms with Gasteiger partial charge in [0, 0.05) is 22.5 Å². The SMILES string of the molecule is Cc1ccc(NC(=O)C[NH+]2CCc3sccc3[C@@H]2c2cccs2)cc1F. The zero-order chi connectivity index (χ0) is 18.1. The monoisotopic (exact) mass is 387 g/mol. The summed E-state index contributed by atoms with van der Waals surface area (Å²) in [5.74, 6) is -0.379. The Morgan fingerprint density at radius 3 is 2.92 bits per heavy atom. The molecule has 1 aliphatic rings. The summed E-state index contributed by atoms with van der Waals surface area (Å²) in [6, 6.07) is 11.4. The fraction of sp³-hybridized carbons (Fsp3) is 0.250. The fourth-order valence-electron chi connectivity index (χ4n) is 3.53. The lowest BCUT2D eigenvalue weighted by Gasteiger charge is -2.31. The number of carbonyl (C=O) groups excluding carboxylic acids is 1. The van der Waals surface area contributed by atoms with Gasteiger partial charge in [-0.05, 0) is 47.5 Å². The number of benzene rings is 1. The van der Waals surface area contributed by atoms with E-state index in [2.05, 4.69) is 34.3 Å². The maximum atomic E-state index is 13.7. The van der Waals surface area contributed by atoms with Crippen molar-refractivity contribution in [3.8, 4) is 0 Å². The van der Waals surface area contributed by atoms with Crippen LogP contribution in [0.1, 0.15) is 26.9 Å². The number of thiophene rings is 2. The van der Waals surface area contributed by atoms with E-state index in [0.717, 1.165) is 13.0 Å². The average Bonchev–Trinajstić information content (AvgIpc) is 3.29. The highest BCUT2D eigenvalue weighted by molar-refractivity contribution is 7.10. The first kappa shape index (κ1) is 17.4. The van der Waals surface area contributed by atoms with E-state index < -0.39 is 0 Å². The number of aryl methyl sites for hydroxylation is 1. The van der Waals surface area contributed by atoms with Crippen molar-refractivity contribution >= 4 is 34.3 Å². The summed E-state index contributed by atoms with van der Waals surface area (Å²) in [6.45, 7) is 3.00. The third kappa shape index (κ3) is 3.45. The van der Waals surface area contributed by atoms with E-state index in [1.807, 2.05) is 0 Å². The summed E-state index contributed by atoms with van der Waals surface area (Å²) in [4.78, 5) is 16.5. The molecule has 1 aromatic carbocycles. The Kier molecular flexibility index (Phi) is 4.89. The lowest BCUT2D eigenvalue weighted by molar-refractivity contribution is -0.919. The molecule has 0 saturated heterocycles. The number of halogens is 1. The van der Waals surface area contributed by atoms with Gasteiger partial charge in [0.2, 0.25) is 0 Å². The lowest BCUT2D eigenvalue weighted by atomic mass is 9.98. The molecule has 0 spiro atoms. The Balaban J connectivity index is 1.53. The van der Waals surface area contributed by atoms with Crippen LogP contribution in [0, 0.1) is 12.7 Å². The molecule has 2 aromatic heterocycles. The van der Waals surface area contributed by atoms with Gasteiger partial charge in [-0.15, -0.1) is 22.7 Å². The third-order valence-corrected chi connectivity index (χ3v) is 6.78. The number of anilines is 1. The van der Waals surface area contributed by atoms with E-state index >= 15 is 0 Å². The highest BCUT2D eigenvalue weighted by Gasteiger charge is 2.35. The van der Waals surface area contributed by atoms with Gasteiger partial charge in [-0.2, -0.15) is 0 Å². The number of nitrogens with one attached hydrogen (secondary N) is 2. The lowest BCUT2D eigenvalue weighted by Crippen LogP contribution is -3.14. The predicted octanol–water partition coefficient (Wildman–Crippen LogP) is 3.43. The molecule has 1 amide bonds. The number of carbonyl (C=O) groups is 1. The van der Waals surface area contributed by atoms with Crippen molar-refractivity contribution in [3.63, 3.8) is 0 Å². The molecule has 3 aromatic rings. The van der Waals surface area contributed by atoms with Crippen LogP contribution < -0.4 is 10.2 Å². The van der Waals surface area contributed by atoms with Crippen molar-refractivity contribution in [1.29, 1.82) is 0 Å². The molecular weight excluding hydrogens is 367 g/mol. The van der Waals surface area contributed by atoms with Crippen molar-refractivity contribution in [3.05, 3.63) is 73.9 Å². The Morgan fingerprint density at radius 1 is 1.27 bits per heavy atom. The molecule has 0 fully saturated rings. The molecule has 1 aliphatic heterocycles. The Labute approximate surface area is 160 Å². The minimum atomic E-state index is -0.299. The van der Waals surface area contributed by atoms with Crippen LogP contribution in [0.25, 0.3) is 0 Å². The first-order valence-electron chi connectivity index (χ1n) is 8.62. The second-order valence-electron chi connectivity index (χ2n) is 6.59. The second kappa shape index (κ2) is 7.31. The molecule has 3 nitrogen and oxygen atoms in total. The van der Waals surface area contributed by atoms with Crippen molar-refractivity contribution in [1.82, 2.24) is 0 Å². The minimum Gasteiger partial charge on any atom is -0.321 e. The summed E-state index contributed by atoms with van der Waals surface area (Å²) in [5.41, 5.74) is 2.43. The van der Waals surface area contributed by atoms with Gasteiger partial charge in [0.25, 0.3) is 5.91 Å². The largest absolute Gasteiger partial charge is 0.321 e. The molecule has 0 bridgehead atoms. The first-order chi connectivity index (χ1) is 12.6. The van der Waals surface area contributed by atoms with Crippen molar-refractivity contribution < 1.29 is 14.1 Å². The molecule has 26 heavy (non-hydrogen) atoms. The van der Waals surface area contributed by atoms with E-state index in [1.165, 1.54) is 26.3 Å². The van der Waals surface area contributed by atoms with Crippen LogP contribution in [0.15, 0.2) is 47.2 Å². The molecule has 1 unspecified atom stereocenters. The van der Waals surface area contributed by atoms with Gasteiger partial charge in [-0.25, -0.2) is 4.39 Å². The van der Waals surface area contributed by atoms with Gasteiger partial charge in [0.05, 0.1) is 11.4 Å². The van der Waals surface area contributed by atoms with Crippen LogP contribution in [0.3, 0.4) is 0 Å². The molecule has 2 atom stereocenters. The third-order valence-electron chi connectivity index (χ3n) is 4.84. The quantitative estimate of drug-likeness (QED) is 0.707. The number of amides is 1. The molecule has 0 saturated carbocycles. The van der Waals surface area contributed by atoms with Crippen LogP contribution >= 0.6 is 22.7 Å². The van der Waals surface area contributed by atoms with Gasteiger partial charge in [0.1, 0.15) is 11.9 Å². The van der Waals surface area contributed by atoms with E-state index in [0.29, 0.717) is 17.8 Å². The molecule has 4 rings (SSSR count). The van der Waals surface area contributed by atoms with E-state index in [4.69, 9.17) is 0 Å². The highest BCUT2D eigenvalue weighted by Crippen LogP contribution is 2.31. The number of fused-ring (bicyclic) bond motifs is 1. The van der Waals surface area contributed by atoms with Gasteiger partial charge in [0.15, 0.2) is 6.54 Å². The van der Waals surface area contributed by atoms with Crippen LogP contribution in [0.2, 0.25) is 0 Å². The molecule has 2 N–H and O–H groups in total. The van der Waals surface area contributed by atoms with Crippen LogP contribution in [0.4, 0.5) is 10.1 Å². The molecule has 134 valence electrons. The topological polar surface area (TPSA) is 33.5 Å². The molecule has 3 heterocycles. The summed E-state index contributed by atoms with van der Waals surface area (Å²) >= 11 is 3.54. The zero-order valence-corrected chi connectivity index (χ0v) is 16.1. The fourth-order valence-corrected chi connectivity index (χ4v) is 5.35. The van der Waals surface area contributed by atoms with Crippen LogP contribution in [-0.2, 0) is 11.2 Å². The maximum Gasteiger partial charge on any atom is 0.279 e. The second-order valence-corrected chi connectivity index (χ2v) is 8.57. The standard InChI is InChI=1S/C20H19FN2OS2/c1-13-4-5-14(11-16(13)21)22-19(24)12-23-8-6-17-15(7-10-26-17)20(23)18-3-2-9-25-18/h2-5,7,9-11,20H,6,8,12H2,1H3,(H,22,24)/p+1/t20-/m1/s1. The summed E-state index contributed by atoms with van der Waals surface area (Å²) in [5, 5.41) is 7.08. The van der Waals surface area contributed by atoms with Gasteiger partial charge in [-0.3, -0.25) is 4.79 Å². The Bertz CT molecular complexity index is 920. The predicted molar refractivity (Wildman–Crippen MR) is 105 cm³/mol. The van der Waals surface area contributed by atoms with E-state index in [1.54, 1.807) is 41.7 Å². The summed E-state index contributed by atoms with van der Waals surface area (Å²) < 4.78 is 13.7. The highest BCUT2D eigenvalue weighted by atomic mass is 32.1. The summed E-state index contributed by atoms with van der Waals surface area (Å²) in [7, 11) is 0. The number of quaternary nitrogens is 1. The Hall–Kier alpha value is -2.02. The van der Waals surface area contributed by atoms with Crippen molar-refractivity contribution in [2.45, 2.75) is 19.4 Å². The smallest absolute Gasteiger partial charge is 0.279 e. The van der Waals surface area contributed by atoms with Crippen LogP contribution in [-0.4, -0.2) is 19.0 Å². The zero-order valence-electron chi connectivity index (χ0n) is 14.4. The minimum absolute atomic E-state index is 0.0801. The van der Waals surface area contributed by atoms with Gasteiger partial charge < -0.3 is 10.2 Å².